The largest absolute Gasteiger partial charge is 0.342 e. The van der Waals surface area contributed by atoms with Gasteiger partial charge in [-0.25, -0.2) is 0 Å². The van der Waals surface area contributed by atoms with Crippen LogP contribution in [0.5, 0.6) is 0 Å². The Kier molecular flexibility index (Phi) is 4.07. The molecule has 26 heavy (non-hydrogen) atoms. The van der Waals surface area contributed by atoms with Gasteiger partial charge in [0.1, 0.15) is 0 Å². The van der Waals surface area contributed by atoms with Crippen molar-refractivity contribution in [3.05, 3.63) is 36.0 Å². The Labute approximate surface area is 157 Å². The number of hydrogen-bond acceptors (Lipinski definition) is 2. The molecule has 4 rings (SSSR count). The molecular formula is C23H32N2O. The Balaban J connectivity index is 1.77. The van der Waals surface area contributed by atoms with Crippen LogP contribution in [0.15, 0.2) is 30.5 Å². The van der Waals surface area contributed by atoms with Crippen molar-refractivity contribution in [1.29, 1.82) is 0 Å². The van der Waals surface area contributed by atoms with Gasteiger partial charge >= 0.3 is 0 Å². The first-order valence-electron chi connectivity index (χ1n) is 10.1. The lowest BCUT2D eigenvalue weighted by atomic mass is 10.0. The fourth-order valence-electron chi connectivity index (χ4n) is 5.24. The van der Waals surface area contributed by atoms with E-state index in [1.54, 1.807) is 0 Å². The first-order chi connectivity index (χ1) is 12.2. The molecule has 2 aromatic rings. The Morgan fingerprint density at radius 1 is 1.08 bits per heavy atom. The smallest absolute Gasteiger partial charge is 0.169 e. The van der Waals surface area contributed by atoms with Crippen LogP contribution in [0, 0.1) is 16.7 Å². The van der Waals surface area contributed by atoms with Gasteiger partial charge in [-0.3, -0.25) is 4.79 Å². The van der Waals surface area contributed by atoms with Crippen molar-refractivity contribution in [3.8, 4) is 0 Å². The van der Waals surface area contributed by atoms with Crippen LogP contribution in [0.4, 0.5) is 0 Å². The molecule has 0 N–H and O–H groups in total. The molecule has 3 nitrogen and oxygen atoms in total. The lowest BCUT2D eigenvalue weighted by molar-refractivity contribution is 0.0946. The minimum atomic E-state index is 0.0792. The van der Waals surface area contributed by atoms with Gasteiger partial charge in [-0.2, -0.15) is 0 Å². The predicted molar refractivity (Wildman–Crippen MR) is 108 cm³/mol. The van der Waals surface area contributed by atoms with E-state index < -0.39 is 0 Å². The SMILES string of the molecule is CN1CCCC[C@H](n2cc(C(=O)C3C(C)(C)C3(C)C)c3ccccc32)C1. The number of benzene rings is 1. The zero-order valence-electron chi connectivity index (χ0n) is 16.9. The number of Topliss-reactive ketones (excluding diaryl/α,β-unsaturated/α-hetero) is 1. The summed E-state index contributed by atoms with van der Waals surface area (Å²) in [4.78, 5) is 15.9. The number of carbonyl (C=O) groups is 1. The van der Waals surface area contributed by atoms with Crippen LogP contribution in [0.25, 0.3) is 10.9 Å². The molecule has 1 aromatic carbocycles. The number of ketones is 1. The zero-order chi connectivity index (χ0) is 18.7. The summed E-state index contributed by atoms with van der Waals surface area (Å²) in [5, 5.41) is 1.13. The Morgan fingerprint density at radius 3 is 2.46 bits per heavy atom. The molecule has 0 radical (unpaired) electrons. The lowest BCUT2D eigenvalue weighted by Crippen LogP contribution is -2.25. The van der Waals surface area contributed by atoms with Crippen molar-refractivity contribution in [2.24, 2.45) is 16.7 Å². The van der Waals surface area contributed by atoms with Gasteiger partial charge in [0.2, 0.25) is 0 Å². The second-order valence-corrected chi connectivity index (χ2v) is 9.62. The van der Waals surface area contributed by atoms with Gasteiger partial charge in [0.25, 0.3) is 0 Å². The van der Waals surface area contributed by atoms with Gasteiger partial charge in [-0.15, -0.1) is 0 Å². The molecule has 3 heteroatoms. The molecule has 0 amide bonds. The maximum absolute atomic E-state index is 13.5. The molecule has 0 bridgehead atoms. The van der Waals surface area contributed by atoms with Crippen LogP contribution in [0.3, 0.4) is 0 Å². The Morgan fingerprint density at radius 2 is 1.77 bits per heavy atom. The van der Waals surface area contributed by atoms with E-state index in [1.165, 1.54) is 31.3 Å². The van der Waals surface area contributed by atoms with Gasteiger partial charge in [0.05, 0.1) is 0 Å². The molecule has 1 saturated heterocycles. The Bertz CT molecular complexity index is 831. The third kappa shape index (κ3) is 2.55. The van der Waals surface area contributed by atoms with Crippen molar-refractivity contribution >= 4 is 16.7 Å². The summed E-state index contributed by atoms with van der Waals surface area (Å²) in [6.07, 6.45) is 5.88. The fraction of sp³-hybridized carbons (Fsp3) is 0.609. The number of likely N-dealkylation sites (tertiary alicyclic amines) is 1. The van der Waals surface area contributed by atoms with E-state index in [1.807, 2.05) is 0 Å². The molecular weight excluding hydrogens is 320 g/mol. The van der Waals surface area contributed by atoms with Gasteiger partial charge in [0.15, 0.2) is 5.78 Å². The Hall–Kier alpha value is -1.61. The van der Waals surface area contributed by atoms with Crippen LogP contribution in [-0.2, 0) is 0 Å². The summed E-state index contributed by atoms with van der Waals surface area (Å²) in [6, 6.07) is 8.92. The van der Waals surface area contributed by atoms with E-state index in [-0.39, 0.29) is 16.7 Å². The highest BCUT2D eigenvalue weighted by molar-refractivity contribution is 6.11. The second-order valence-electron chi connectivity index (χ2n) is 9.62. The van der Waals surface area contributed by atoms with E-state index in [2.05, 4.69) is 74.7 Å². The molecule has 1 aliphatic carbocycles. The van der Waals surface area contributed by atoms with Crippen molar-refractivity contribution in [2.45, 2.75) is 53.0 Å². The van der Waals surface area contributed by atoms with Crippen molar-refractivity contribution in [1.82, 2.24) is 9.47 Å². The van der Waals surface area contributed by atoms with E-state index in [0.717, 1.165) is 17.5 Å². The molecule has 1 saturated carbocycles. The molecule has 0 unspecified atom stereocenters. The highest BCUT2D eigenvalue weighted by Gasteiger charge is 2.68. The number of rotatable bonds is 3. The maximum Gasteiger partial charge on any atom is 0.169 e. The third-order valence-electron chi connectivity index (χ3n) is 7.53. The molecule has 1 atom stereocenters. The van der Waals surface area contributed by atoms with E-state index in [9.17, 15) is 4.79 Å². The van der Waals surface area contributed by atoms with Crippen LogP contribution < -0.4 is 0 Å². The molecule has 2 aliphatic rings. The van der Waals surface area contributed by atoms with E-state index in [4.69, 9.17) is 0 Å². The molecule has 2 heterocycles. The summed E-state index contributed by atoms with van der Waals surface area (Å²) < 4.78 is 2.40. The molecule has 1 aromatic heterocycles. The standard InChI is InChI=1S/C23H32N2O/c1-22(2)21(23(22,3)4)20(26)18-15-25(19-12-7-6-11-17(18)19)16-10-8-9-13-24(5)14-16/h6-7,11-12,15-16,21H,8-10,13-14H2,1-5H3/t16-/m0/s1. The fourth-order valence-corrected chi connectivity index (χ4v) is 5.24. The highest BCUT2D eigenvalue weighted by Crippen LogP contribution is 2.69. The number of fused-ring (bicyclic) bond motifs is 1. The van der Waals surface area contributed by atoms with Gasteiger partial charge < -0.3 is 9.47 Å². The number of nitrogens with zero attached hydrogens (tertiary/aromatic N) is 2. The number of likely N-dealkylation sites (N-methyl/N-ethyl adjacent to an activating group) is 1. The van der Waals surface area contributed by atoms with Crippen molar-refractivity contribution < 1.29 is 4.79 Å². The molecule has 140 valence electrons. The van der Waals surface area contributed by atoms with Crippen LogP contribution in [0.2, 0.25) is 0 Å². The van der Waals surface area contributed by atoms with Crippen molar-refractivity contribution in [3.63, 3.8) is 0 Å². The monoisotopic (exact) mass is 352 g/mol. The lowest BCUT2D eigenvalue weighted by Gasteiger charge is -2.22. The summed E-state index contributed by atoms with van der Waals surface area (Å²) in [5.41, 5.74) is 2.30. The summed E-state index contributed by atoms with van der Waals surface area (Å²) >= 11 is 0. The summed E-state index contributed by atoms with van der Waals surface area (Å²) in [7, 11) is 2.21. The molecule has 1 aliphatic heterocycles. The highest BCUT2D eigenvalue weighted by atomic mass is 16.1. The van der Waals surface area contributed by atoms with Crippen molar-refractivity contribution in [2.75, 3.05) is 20.1 Å². The van der Waals surface area contributed by atoms with Gasteiger partial charge in [0, 0.05) is 41.2 Å². The third-order valence-corrected chi connectivity index (χ3v) is 7.53. The number of hydrogen-bond donors (Lipinski definition) is 0. The topological polar surface area (TPSA) is 25.2 Å². The van der Waals surface area contributed by atoms with Gasteiger partial charge in [-0.05, 0) is 43.3 Å². The maximum atomic E-state index is 13.5. The summed E-state index contributed by atoms with van der Waals surface area (Å²) in [6.45, 7) is 11.2. The van der Waals surface area contributed by atoms with Crippen LogP contribution >= 0.6 is 0 Å². The second kappa shape index (κ2) is 5.95. The normalized spacial score (nSPS) is 26.0. The number of carbonyl (C=O) groups excluding carboxylic acids is 1. The predicted octanol–water partition coefficient (Wildman–Crippen LogP) is 5.16. The van der Waals surface area contributed by atoms with Crippen LogP contribution in [-0.4, -0.2) is 35.4 Å². The number of para-hydroxylation sites is 1. The average molecular weight is 353 g/mol. The van der Waals surface area contributed by atoms with E-state index >= 15 is 0 Å². The first kappa shape index (κ1) is 17.8. The van der Waals surface area contributed by atoms with Gasteiger partial charge in [-0.1, -0.05) is 52.3 Å². The minimum absolute atomic E-state index is 0.0792. The van der Waals surface area contributed by atoms with E-state index in [0.29, 0.717) is 11.8 Å². The quantitative estimate of drug-likeness (QED) is 0.713. The first-order valence-corrected chi connectivity index (χ1v) is 10.1. The summed E-state index contributed by atoms with van der Waals surface area (Å²) in [5.74, 6) is 0.447. The molecule has 2 fully saturated rings. The van der Waals surface area contributed by atoms with Crippen LogP contribution in [0.1, 0.15) is 63.4 Å². The minimum Gasteiger partial charge on any atom is -0.342 e. The zero-order valence-corrected chi connectivity index (χ0v) is 16.9. The average Bonchev–Trinajstić information content (AvgIpc) is 2.87. The molecule has 0 spiro atoms. The number of aromatic nitrogens is 1.